The zero-order chi connectivity index (χ0) is 20.6. The molecule has 0 fully saturated rings. The van der Waals surface area contributed by atoms with Gasteiger partial charge in [0.1, 0.15) is 5.82 Å². The monoisotopic (exact) mass is 387 g/mol. The Balaban J connectivity index is 1.73. The van der Waals surface area contributed by atoms with E-state index in [9.17, 15) is 9.18 Å². The maximum Gasteiger partial charge on any atom is 0.247 e. The maximum atomic E-state index is 14.5. The largest absolute Gasteiger partial charge is 0.322 e. The van der Waals surface area contributed by atoms with Crippen molar-refractivity contribution in [1.82, 2.24) is 0 Å². The Morgan fingerprint density at radius 1 is 0.931 bits per heavy atom. The summed E-state index contributed by atoms with van der Waals surface area (Å²) >= 11 is 0. The minimum atomic E-state index is -0.379. The number of carbonyl (C=O) groups is 1. The first-order valence-electron chi connectivity index (χ1n) is 10.0. The van der Waals surface area contributed by atoms with Crippen LogP contribution in [-0.4, -0.2) is 5.91 Å². The highest BCUT2D eigenvalue weighted by atomic mass is 19.1. The quantitative estimate of drug-likeness (QED) is 0.327. The average Bonchev–Trinajstić information content (AvgIpc) is 2.75. The van der Waals surface area contributed by atoms with Crippen LogP contribution < -0.4 is 5.32 Å². The van der Waals surface area contributed by atoms with Crippen LogP contribution in [0.4, 0.5) is 10.1 Å². The molecule has 1 amide bonds. The SMILES string of the molecule is C=CC(=O)Nc1ccc(-c2ccc(-c3ccc(CCCCC)cc3)cc2)c(F)c1. The number of hydrogen-bond donors (Lipinski definition) is 1. The standard InChI is InChI=1S/C26H26FNO/c1-3-5-6-7-19-8-10-20(11-9-19)21-12-14-22(15-13-21)24-17-16-23(18-25(24)27)28-26(29)4-2/h4,8-18H,2-3,5-7H2,1H3,(H,28,29). The van der Waals surface area contributed by atoms with Gasteiger partial charge in [-0.05, 0) is 59.4 Å². The molecule has 0 aliphatic carbocycles. The molecule has 0 unspecified atom stereocenters. The first-order valence-corrected chi connectivity index (χ1v) is 10.0. The molecule has 0 saturated heterocycles. The van der Waals surface area contributed by atoms with Crippen molar-refractivity contribution in [3.8, 4) is 22.3 Å². The zero-order valence-corrected chi connectivity index (χ0v) is 16.7. The van der Waals surface area contributed by atoms with Gasteiger partial charge < -0.3 is 5.32 Å². The Bertz CT molecular complexity index is 975. The first-order chi connectivity index (χ1) is 14.1. The Morgan fingerprint density at radius 2 is 1.55 bits per heavy atom. The summed E-state index contributed by atoms with van der Waals surface area (Å²) in [4.78, 5) is 11.4. The molecule has 29 heavy (non-hydrogen) atoms. The van der Waals surface area contributed by atoms with Crippen LogP contribution in [0.5, 0.6) is 0 Å². The normalized spacial score (nSPS) is 10.6. The lowest BCUT2D eigenvalue weighted by atomic mass is 9.98. The van der Waals surface area contributed by atoms with Crippen molar-refractivity contribution in [2.45, 2.75) is 32.6 Å². The van der Waals surface area contributed by atoms with Crippen LogP contribution in [0.3, 0.4) is 0 Å². The van der Waals surface area contributed by atoms with E-state index in [4.69, 9.17) is 0 Å². The van der Waals surface area contributed by atoms with Crippen LogP contribution in [0.15, 0.2) is 79.4 Å². The van der Waals surface area contributed by atoms with Gasteiger partial charge in [-0.2, -0.15) is 0 Å². The summed E-state index contributed by atoms with van der Waals surface area (Å²) < 4.78 is 14.5. The molecule has 148 valence electrons. The number of carbonyl (C=O) groups excluding carboxylic acids is 1. The summed E-state index contributed by atoms with van der Waals surface area (Å²) in [6.45, 7) is 5.61. The molecule has 0 aliphatic rings. The van der Waals surface area contributed by atoms with Gasteiger partial charge in [0.2, 0.25) is 5.91 Å². The smallest absolute Gasteiger partial charge is 0.247 e. The van der Waals surface area contributed by atoms with Crippen LogP contribution in [-0.2, 0) is 11.2 Å². The van der Waals surface area contributed by atoms with Crippen LogP contribution in [0.1, 0.15) is 31.7 Å². The van der Waals surface area contributed by atoms with Crippen molar-refractivity contribution in [3.63, 3.8) is 0 Å². The van der Waals surface area contributed by atoms with Crippen molar-refractivity contribution in [1.29, 1.82) is 0 Å². The van der Waals surface area contributed by atoms with Gasteiger partial charge >= 0.3 is 0 Å². The second-order valence-corrected chi connectivity index (χ2v) is 7.12. The first kappa shape index (κ1) is 20.5. The molecule has 0 heterocycles. The van der Waals surface area contributed by atoms with Crippen LogP contribution in [0.25, 0.3) is 22.3 Å². The minimum absolute atomic E-state index is 0.363. The van der Waals surface area contributed by atoms with E-state index in [1.54, 1.807) is 12.1 Å². The average molecular weight is 387 g/mol. The fourth-order valence-corrected chi connectivity index (χ4v) is 3.31. The second-order valence-electron chi connectivity index (χ2n) is 7.12. The molecule has 0 radical (unpaired) electrons. The van der Waals surface area contributed by atoms with Gasteiger partial charge in [-0.1, -0.05) is 74.9 Å². The van der Waals surface area contributed by atoms with Crippen molar-refractivity contribution in [3.05, 3.63) is 90.8 Å². The molecule has 0 bridgehead atoms. The van der Waals surface area contributed by atoms with E-state index in [2.05, 4.69) is 43.1 Å². The van der Waals surface area contributed by atoms with Gasteiger partial charge in [-0.3, -0.25) is 4.79 Å². The summed E-state index contributed by atoms with van der Waals surface area (Å²) in [7, 11) is 0. The lowest BCUT2D eigenvalue weighted by Gasteiger charge is -2.09. The number of benzene rings is 3. The van der Waals surface area contributed by atoms with Crippen molar-refractivity contribution < 1.29 is 9.18 Å². The summed E-state index contributed by atoms with van der Waals surface area (Å²) in [5, 5.41) is 2.57. The summed E-state index contributed by atoms with van der Waals surface area (Å²) in [6.07, 6.45) is 6.00. The van der Waals surface area contributed by atoms with Gasteiger partial charge in [0.05, 0.1) is 0 Å². The van der Waals surface area contributed by atoms with Gasteiger partial charge in [-0.25, -0.2) is 4.39 Å². The Morgan fingerprint density at radius 3 is 2.14 bits per heavy atom. The second kappa shape index (κ2) is 9.83. The van der Waals surface area contributed by atoms with Crippen LogP contribution in [0, 0.1) is 5.82 Å². The van der Waals surface area contributed by atoms with E-state index in [1.165, 1.54) is 30.9 Å². The van der Waals surface area contributed by atoms with Gasteiger partial charge in [0.15, 0.2) is 0 Å². The summed E-state index contributed by atoms with van der Waals surface area (Å²) in [6, 6.07) is 21.2. The minimum Gasteiger partial charge on any atom is -0.322 e. The molecule has 3 rings (SSSR count). The van der Waals surface area contributed by atoms with Gasteiger partial charge in [-0.15, -0.1) is 0 Å². The molecule has 3 aromatic rings. The predicted octanol–water partition coefficient (Wildman–Crippen LogP) is 7.02. The number of aryl methyl sites for hydroxylation is 1. The third-order valence-electron chi connectivity index (χ3n) is 4.97. The molecule has 2 nitrogen and oxygen atoms in total. The fourth-order valence-electron chi connectivity index (χ4n) is 3.31. The third-order valence-corrected chi connectivity index (χ3v) is 4.97. The molecule has 3 heteroatoms. The Labute approximate surface area is 172 Å². The lowest BCUT2D eigenvalue weighted by molar-refractivity contribution is -0.111. The van der Waals surface area contributed by atoms with Crippen molar-refractivity contribution in [2.24, 2.45) is 0 Å². The molecule has 0 atom stereocenters. The summed E-state index contributed by atoms with van der Waals surface area (Å²) in [5.41, 5.74) is 5.32. The topological polar surface area (TPSA) is 29.1 Å². The third kappa shape index (κ3) is 5.41. The highest BCUT2D eigenvalue weighted by molar-refractivity contribution is 5.99. The number of hydrogen-bond acceptors (Lipinski definition) is 1. The van der Waals surface area contributed by atoms with Crippen LogP contribution in [0.2, 0.25) is 0 Å². The maximum absolute atomic E-state index is 14.5. The van der Waals surface area contributed by atoms with Gasteiger partial charge in [0, 0.05) is 11.3 Å². The van der Waals surface area contributed by atoms with E-state index in [0.29, 0.717) is 11.3 Å². The number of nitrogens with one attached hydrogen (secondary N) is 1. The van der Waals surface area contributed by atoms with Crippen molar-refractivity contribution in [2.75, 3.05) is 5.32 Å². The van der Waals surface area contributed by atoms with E-state index in [-0.39, 0.29) is 11.7 Å². The predicted molar refractivity (Wildman–Crippen MR) is 119 cm³/mol. The molecule has 0 spiro atoms. The van der Waals surface area contributed by atoms with Crippen LogP contribution >= 0.6 is 0 Å². The highest BCUT2D eigenvalue weighted by Gasteiger charge is 2.08. The van der Waals surface area contributed by atoms with Gasteiger partial charge in [0.25, 0.3) is 0 Å². The molecule has 1 N–H and O–H groups in total. The fraction of sp³-hybridized carbons (Fsp3) is 0.192. The molecular weight excluding hydrogens is 361 g/mol. The molecule has 0 aromatic heterocycles. The molecular formula is C26H26FNO. The van der Waals surface area contributed by atoms with E-state index in [1.807, 2.05) is 24.3 Å². The molecule has 0 aliphatic heterocycles. The molecule has 3 aromatic carbocycles. The summed E-state index contributed by atoms with van der Waals surface area (Å²) in [5.74, 6) is -0.742. The Hall–Kier alpha value is -3.20. The molecule has 0 saturated carbocycles. The highest BCUT2D eigenvalue weighted by Crippen LogP contribution is 2.28. The van der Waals surface area contributed by atoms with Crippen molar-refractivity contribution >= 4 is 11.6 Å². The number of halogens is 1. The number of unbranched alkanes of at least 4 members (excludes halogenated alkanes) is 2. The Kier molecular flexibility index (Phi) is 6.96. The number of amides is 1. The van der Waals surface area contributed by atoms with E-state index < -0.39 is 0 Å². The number of rotatable bonds is 8. The number of anilines is 1. The van der Waals surface area contributed by atoms with E-state index in [0.717, 1.165) is 29.2 Å². The van der Waals surface area contributed by atoms with E-state index >= 15 is 0 Å². The zero-order valence-electron chi connectivity index (χ0n) is 16.7. The lowest BCUT2D eigenvalue weighted by Crippen LogP contribution is -2.07.